The number of carboxylic acids is 1. The number of hydrogen-bond donors (Lipinski definition) is 2. The van der Waals surface area contributed by atoms with Crippen LogP contribution >= 0.6 is 11.6 Å². The number of aliphatic carboxylic acids is 1. The Morgan fingerprint density at radius 2 is 2.00 bits per heavy atom. The number of carboxylic acid groups (broad SMARTS) is 1. The number of anilines is 2. The fourth-order valence-corrected chi connectivity index (χ4v) is 2.98. The van der Waals surface area contributed by atoms with Crippen molar-refractivity contribution in [2.75, 3.05) is 5.32 Å². The molecule has 0 aliphatic heterocycles. The van der Waals surface area contributed by atoms with Crippen LogP contribution in [0.15, 0.2) is 42.5 Å². The third-order valence-corrected chi connectivity index (χ3v) is 4.48. The molecular weight excluding hydrogens is 305 g/mol. The molecule has 0 amide bonds. The van der Waals surface area contributed by atoms with Gasteiger partial charge in [-0.3, -0.25) is 4.79 Å². The van der Waals surface area contributed by atoms with Crippen LogP contribution in [0.25, 0.3) is 0 Å². The van der Waals surface area contributed by atoms with E-state index in [4.69, 9.17) is 11.6 Å². The van der Waals surface area contributed by atoms with Gasteiger partial charge in [-0.1, -0.05) is 30.2 Å². The van der Waals surface area contributed by atoms with E-state index in [1.54, 1.807) is 36.4 Å². The summed E-state index contributed by atoms with van der Waals surface area (Å²) in [6.07, 6.45) is 1.97. The highest BCUT2D eigenvalue weighted by Crippen LogP contribution is 2.44. The Morgan fingerprint density at radius 1 is 1.23 bits per heavy atom. The lowest BCUT2D eigenvalue weighted by Crippen LogP contribution is -2.42. The van der Waals surface area contributed by atoms with Crippen LogP contribution in [0.5, 0.6) is 0 Å². The molecule has 22 heavy (non-hydrogen) atoms. The van der Waals surface area contributed by atoms with Gasteiger partial charge >= 0.3 is 5.97 Å². The Labute approximate surface area is 132 Å². The molecule has 3 nitrogen and oxygen atoms in total. The van der Waals surface area contributed by atoms with Gasteiger partial charge in [0.25, 0.3) is 0 Å². The van der Waals surface area contributed by atoms with E-state index in [1.807, 2.05) is 0 Å². The standard InChI is InChI=1S/C17H15ClFNO2/c18-12-3-1-4-13(10-12)20-15-6-5-11(9-14(15)19)17(16(21)22)7-2-8-17/h1,3-6,9-10,20H,2,7-8H2,(H,21,22). The maximum atomic E-state index is 14.3. The van der Waals surface area contributed by atoms with Crippen molar-refractivity contribution in [2.45, 2.75) is 24.7 Å². The molecule has 0 spiro atoms. The molecule has 0 radical (unpaired) electrons. The van der Waals surface area contributed by atoms with Gasteiger partial charge in [0, 0.05) is 10.7 Å². The highest BCUT2D eigenvalue weighted by Gasteiger charge is 2.46. The van der Waals surface area contributed by atoms with Crippen LogP contribution in [0.1, 0.15) is 24.8 Å². The van der Waals surface area contributed by atoms with Crippen LogP contribution in [0.3, 0.4) is 0 Å². The minimum Gasteiger partial charge on any atom is -0.481 e. The summed E-state index contributed by atoms with van der Waals surface area (Å²) in [7, 11) is 0. The van der Waals surface area contributed by atoms with Crippen molar-refractivity contribution in [1.29, 1.82) is 0 Å². The highest BCUT2D eigenvalue weighted by atomic mass is 35.5. The van der Waals surface area contributed by atoms with Gasteiger partial charge in [-0.2, -0.15) is 0 Å². The molecular formula is C17H15ClFNO2. The minimum atomic E-state index is -0.921. The maximum Gasteiger partial charge on any atom is 0.314 e. The van der Waals surface area contributed by atoms with Crippen molar-refractivity contribution in [3.63, 3.8) is 0 Å². The van der Waals surface area contributed by atoms with Crippen molar-refractivity contribution >= 4 is 28.9 Å². The molecule has 2 aromatic carbocycles. The molecule has 1 aliphatic carbocycles. The van der Waals surface area contributed by atoms with E-state index in [2.05, 4.69) is 5.32 Å². The summed E-state index contributed by atoms with van der Waals surface area (Å²) >= 11 is 5.90. The average Bonchev–Trinajstić information content (AvgIpc) is 2.40. The van der Waals surface area contributed by atoms with Gasteiger partial charge in [0.05, 0.1) is 11.1 Å². The predicted molar refractivity (Wildman–Crippen MR) is 84.3 cm³/mol. The van der Waals surface area contributed by atoms with Crippen LogP contribution in [0, 0.1) is 5.82 Å². The topological polar surface area (TPSA) is 49.3 Å². The van der Waals surface area contributed by atoms with Crippen molar-refractivity contribution < 1.29 is 14.3 Å². The summed E-state index contributed by atoms with van der Waals surface area (Å²) < 4.78 is 14.3. The molecule has 114 valence electrons. The molecule has 0 atom stereocenters. The smallest absolute Gasteiger partial charge is 0.314 e. The summed E-state index contributed by atoms with van der Waals surface area (Å²) in [5.41, 5.74) is 0.581. The molecule has 1 saturated carbocycles. The van der Waals surface area contributed by atoms with E-state index in [-0.39, 0.29) is 0 Å². The second kappa shape index (κ2) is 5.61. The molecule has 0 aromatic heterocycles. The Kier molecular flexibility index (Phi) is 3.79. The number of benzene rings is 2. The van der Waals surface area contributed by atoms with E-state index in [0.717, 1.165) is 6.42 Å². The monoisotopic (exact) mass is 319 g/mol. The van der Waals surface area contributed by atoms with Crippen LogP contribution in [-0.2, 0) is 10.2 Å². The van der Waals surface area contributed by atoms with E-state index >= 15 is 0 Å². The zero-order valence-corrected chi connectivity index (χ0v) is 12.5. The van der Waals surface area contributed by atoms with Gasteiger partial charge in [-0.25, -0.2) is 4.39 Å². The van der Waals surface area contributed by atoms with Crippen LogP contribution < -0.4 is 5.32 Å². The van der Waals surface area contributed by atoms with Gasteiger partial charge in [0.15, 0.2) is 0 Å². The quantitative estimate of drug-likeness (QED) is 0.856. The summed E-state index contributed by atoms with van der Waals surface area (Å²) in [6, 6.07) is 11.6. The molecule has 1 fully saturated rings. The highest BCUT2D eigenvalue weighted by molar-refractivity contribution is 6.30. The fourth-order valence-electron chi connectivity index (χ4n) is 2.79. The van der Waals surface area contributed by atoms with Crippen molar-refractivity contribution in [3.8, 4) is 0 Å². The molecule has 1 aliphatic rings. The third-order valence-electron chi connectivity index (χ3n) is 4.24. The number of nitrogens with one attached hydrogen (secondary N) is 1. The largest absolute Gasteiger partial charge is 0.481 e. The minimum absolute atomic E-state index is 0.297. The first-order valence-electron chi connectivity index (χ1n) is 7.07. The van der Waals surface area contributed by atoms with Crippen molar-refractivity contribution in [1.82, 2.24) is 0 Å². The van der Waals surface area contributed by atoms with E-state index in [0.29, 0.717) is 34.8 Å². The molecule has 2 aromatic rings. The van der Waals surface area contributed by atoms with Gasteiger partial charge in [0.2, 0.25) is 0 Å². The zero-order chi connectivity index (χ0) is 15.7. The van der Waals surface area contributed by atoms with Gasteiger partial charge in [-0.15, -0.1) is 0 Å². The third kappa shape index (κ3) is 2.55. The van der Waals surface area contributed by atoms with Gasteiger partial charge < -0.3 is 10.4 Å². The zero-order valence-electron chi connectivity index (χ0n) is 11.8. The maximum absolute atomic E-state index is 14.3. The second-order valence-electron chi connectivity index (χ2n) is 5.57. The van der Waals surface area contributed by atoms with Crippen molar-refractivity contribution in [3.05, 3.63) is 58.9 Å². The molecule has 0 bridgehead atoms. The Morgan fingerprint density at radius 3 is 2.55 bits per heavy atom. The molecule has 3 rings (SSSR count). The van der Waals surface area contributed by atoms with Crippen molar-refractivity contribution in [2.24, 2.45) is 0 Å². The van der Waals surface area contributed by atoms with E-state index < -0.39 is 17.2 Å². The molecule has 0 heterocycles. The fraction of sp³-hybridized carbons (Fsp3) is 0.235. The summed E-state index contributed by atoms with van der Waals surface area (Å²) in [4.78, 5) is 11.5. The lowest BCUT2D eigenvalue weighted by molar-refractivity contribution is -0.147. The first-order chi connectivity index (χ1) is 10.5. The van der Waals surface area contributed by atoms with Crippen LogP contribution in [-0.4, -0.2) is 11.1 Å². The molecule has 2 N–H and O–H groups in total. The lowest BCUT2D eigenvalue weighted by Gasteiger charge is -2.38. The number of carbonyl (C=O) groups is 1. The molecule has 5 heteroatoms. The summed E-state index contributed by atoms with van der Waals surface area (Å²) in [6.45, 7) is 0. The Bertz CT molecular complexity index is 728. The predicted octanol–water partition coefficient (Wildman–Crippen LogP) is 4.73. The Balaban J connectivity index is 1.88. The first kappa shape index (κ1) is 14.9. The average molecular weight is 320 g/mol. The summed E-state index contributed by atoms with van der Waals surface area (Å²) in [5, 5.41) is 12.9. The van der Waals surface area contributed by atoms with E-state index in [1.165, 1.54) is 6.07 Å². The Hall–Kier alpha value is -2.07. The summed E-state index contributed by atoms with van der Waals surface area (Å²) in [5.74, 6) is -1.35. The van der Waals surface area contributed by atoms with Gasteiger partial charge in [0.1, 0.15) is 5.82 Å². The first-order valence-corrected chi connectivity index (χ1v) is 7.45. The number of rotatable bonds is 4. The van der Waals surface area contributed by atoms with Crippen LogP contribution in [0.2, 0.25) is 5.02 Å². The number of hydrogen-bond acceptors (Lipinski definition) is 2. The van der Waals surface area contributed by atoms with E-state index in [9.17, 15) is 14.3 Å². The molecule has 0 saturated heterocycles. The molecule has 0 unspecified atom stereocenters. The van der Waals surface area contributed by atoms with Crippen LogP contribution in [0.4, 0.5) is 15.8 Å². The second-order valence-corrected chi connectivity index (χ2v) is 6.01. The van der Waals surface area contributed by atoms with Gasteiger partial charge in [-0.05, 0) is 48.7 Å². The normalized spacial score (nSPS) is 15.9. The number of halogens is 2. The lowest BCUT2D eigenvalue weighted by atomic mass is 9.64. The SMILES string of the molecule is O=C(O)C1(c2ccc(Nc3cccc(Cl)c3)c(F)c2)CCC1.